The summed E-state index contributed by atoms with van der Waals surface area (Å²) in [4.78, 5) is 4.77. The van der Waals surface area contributed by atoms with E-state index in [-0.39, 0.29) is 0 Å². The quantitative estimate of drug-likeness (QED) is 0.822. The molecule has 0 radical (unpaired) electrons. The van der Waals surface area contributed by atoms with Gasteiger partial charge in [0.2, 0.25) is 0 Å². The lowest BCUT2D eigenvalue weighted by atomic mass is 9.89. The van der Waals surface area contributed by atoms with Gasteiger partial charge in [0.15, 0.2) is 0 Å². The second-order valence-corrected chi connectivity index (χ2v) is 5.90. The van der Waals surface area contributed by atoms with E-state index in [2.05, 4.69) is 49.9 Å². The molecule has 0 saturated heterocycles. The van der Waals surface area contributed by atoms with E-state index in [0.717, 1.165) is 31.7 Å². The number of hydrogen-bond acceptors (Lipinski definition) is 3. The molecule has 0 spiro atoms. The van der Waals surface area contributed by atoms with Crippen LogP contribution in [0, 0.1) is 0 Å². The molecule has 2 rings (SSSR count). The van der Waals surface area contributed by atoms with Gasteiger partial charge in [0.05, 0.1) is 7.11 Å². The normalized spacial score (nSPS) is 19.2. The molecule has 0 aromatic heterocycles. The molecule has 1 unspecified atom stereocenters. The monoisotopic (exact) mass is 276 g/mol. The number of methoxy groups -OCH3 is 1. The number of benzene rings is 1. The number of nitrogens with zero attached hydrogens (tertiary/aromatic N) is 2. The summed E-state index contributed by atoms with van der Waals surface area (Å²) in [6.07, 6.45) is 2.32. The van der Waals surface area contributed by atoms with Crippen molar-refractivity contribution in [1.29, 1.82) is 0 Å². The third-order valence-corrected chi connectivity index (χ3v) is 4.29. The number of rotatable bonds is 5. The van der Waals surface area contributed by atoms with E-state index in [0.29, 0.717) is 6.04 Å². The minimum absolute atomic E-state index is 0.547. The topological polar surface area (TPSA) is 15.7 Å². The third kappa shape index (κ3) is 2.99. The van der Waals surface area contributed by atoms with Crippen LogP contribution in [0.15, 0.2) is 12.1 Å². The van der Waals surface area contributed by atoms with E-state index in [1.165, 1.54) is 23.2 Å². The van der Waals surface area contributed by atoms with Crippen molar-refractivity contribution in [3.05, 3.63) is 28.8 Å². The van der Waals surface area contributed by atoms with Gasteiger partial charge in [-0.15, -0.1) is 0 Å². The molecule has 1 aromatic rings. The summed E-state index contributed by atoms with van der Waals surface area (Å²) >= 11 is 0. The Labute approximate surface area is 123 Å². The Morgan fingerprint density at radius 3 is 2.60 bits per heavy atom. The van der Waals surface area contributed by atoms with Gasteiger partial charge in [0, 0.05) is 24.7 Å². The molecule has 0 saturated carbocycles. The Kier molecular flexibility index (Phi) is 5.06. The predicted molar refractivity (Wildman–Crippen MR) is 84.4 cm³/mol. The Balaban J connectivity index is 2.41. The molecule has 0 amide bonds. The summed E-state index contributed by atoms with van der Waals surface area (Å²) in [6.45, 7) is 7.77. The number of hydrogen-bond donors (Lipinski definition) is 0. The van der Waals surface area contributed by atoms with Crippen LogP contribution in [0.5, 0.6) is 5.75 Å². The van der Waals surface area contributed by atoms with Crippen LogP contribution < -0.4 is 4.74 Å². The van der Waals surface area contributed by atoms with Crippen LogP contribution >= 0.6 is 0 Å². The van der Waals surface area contributed by atoms with Gasteiger partial charge in [-0.3, -0.25) is 4.90 Å². The molecule has 3 heteroatoms. The van der Waals surface area contributed by atoms with E-state index in [1.54, 1.807) is 7.11 Å². The van der Waals surface area contributed by atoms with Gasteiger partial charge in [0.25, 0.3) is 0 Å². The lowest BCUT2D eigenvalue weighted by molar-refractivity contribution is 0.189. The van der Waals surface area contributed by atoms with Crippen molar-refractivity contribution in [2.45, 2.75) is 39.3 Å². The highest BCUT2D eigenvalue weighted by molar-refractivity contribution is 5.45. The molecule has 0 aliphatic carbocycles. The fraction of sp³-hybridized carbons (Fsp3) is 0.647. The average molecular weight is 276 g/mol. The highest BCUT2D eigenvalue weighted by atomic mass is 16.5. The molecule has 1 atom stereocenters. The Bertz CT molecular complexity index is 457. The van der Waals surface area contributed by atoms with E-state index >= 15 is 0 Å². The van der Waals surface area contributed by atoms with Crippen molar-refractivity contribution in [1.82, 2.24) is 9.80 Å². The maximum atomic E-state index is 5.63. The van der Waals surface area contributed by atoms with Crippen molar-refractivity contribution in [2.75, 3.05) is 34.3 Å². The first-order valence-corrected chi connectivity index (χ1v) is 7.69. The molecule has 1 heterocycles. The van der Waals surface area contributed by atoms with Crippen molar-refractivity contribution < 1.29 is 4.74 Å². The first-order valence-electron chi connectivity index (χ1n) is 7.69. The fourth-order valence-electron chi connectivity index (χ4n) is 3.35. The largest absolute Gasteiger partial charge is 0.496 e. The minimum Gasteiger partial charge on any atom is -0.496 e. The molecule has 112 valence electrons. The first kappa shape index (κ1) is 15.3. The van der Waals surface area contributed by atoms with Crippen molar-refractivity contribution in [3.63, 3.8) is 0 Å². The maximum absolute atomic E-state index is 5.63. The molecular weight excluding hydrogens is 248 g/mol. The Morgan fingerprint density at radius 2 is 2.05 bits per heavy atom. The van der Waals surface area contributed by atoms with E-state index in [1.807, 2.05) is 0 Å². The zero-order chi connectivity index (χ0) is 14.7. The molecule has 0 bridgehead atoms. The molecule has 1 aliphatic rings. The van der Waals surface area contributed by atoms with Gasteiger partial charge >= 0.3 is 0 Å². The van der Waals surface area contributed by atoms with Crippen LogP contribution in [-0.4, -0.2) is 44.1 Å². The summed E-state index contributed by atoms with van der Waals surface area (Å²) in [5, 5.41) is 0. The second-order valence-electron chi connectivity index (χ2n) is 5.90. The standard InChI is InChI=1S/C17H28N2O/c1-6-16-15-11-17(20-5)14(12-18(3)4)10-13(15)8-9-19(16)7-2/h10-11,16H,6-9,12H2,1-5H3. The third-order valence-electron chi connectivity index (χ3n) is 4.29. The van der Waals surface area contributed by atoms with Crippen molar-refractivity contribution >= 4 is 0 Å². The fourth-order valence-corrected chi connectivity index (χ4v) is 3.35. The van der Waals surface area contributed by atoms with E-state index in [9.17, 15) is 0 Å². The summed E-state index contributed by atoms with van der Waals surface area (Å²) < 4.78 is 5.63. The molecule has 3 nitrogen and oxygen atoms in total. The van der Waals surface area contributed by atoms with Crippen molar-refractivity contribution in [2.24, 2.45) is 0 Å². The molecule has 0 fully saturated rings. The zero-order valence-electron chi connectivity index (χ0n) is 13.6. The summed E-state index contributed by atoms with van der Waals surface area (Å²) in [5.41, 5.74) is 4.29. The van der Waals surface area contributed by atoms with Gasteiger partial charge < -0.3 is 9.64 Å². The lowest BCUT2D eigenvalue weighted by Crippen LogP contribution is -2.35. The van der Waals surface area contributed by atoms with Crippen LogP contribution in [0.25, 0.3) is 0 Å². The van der Waals surface area contributed by atoms with E-state index < -0.39 is 0 Å². The summed E-state index contributed by atoms with van der Waals surface area (Å²) in [5.74, 6) is 1.04. The second kappa shape index (κ2) is 6.59. The lowest BCUT2D eigenvalue weighted by Gasteiger charge is -2.37. The number of ether oxygens (including phenoxy) is 1. The van der Waals surface area contributed by atoms with Gasteiger partial charge in [-0.25, -0.2) is 0 Å². The number of likely N-dealkylation sites (N-methyl/N-ethyl adjacent to an activating group) is 1. The Hall–Kier alpha value is -1.06. The zero-order valence-corrected chi connectivity index (χ0v) is 13.6. The molecule has 0 N–H and O–H groups in total. The van der Waals surface area contributed by atoms with Gasteiger partial charge in [0.1, 0.15) is 5.75 Å². The number of fused-ring (bicyclic) bond motifs is 1. The maximum Gasteiger partial charge on any atom is 0.123 e. The van der Waals surface area contributed by atoms with Gasteiger partial charge in [-0.1, -0.05) is 19.9 Å². The molecule has 1 aromatic carbocycles. The average Bonchev–Trinajstić information content (AvgIpc) is 2.44. The van der Waals surface area contributed by atoms with Gasteiger partial charge in [-0.2, -0.15) is 0 Å². The van der Waals surface area contributed by atoms with E-state index in [4.69, 9.17) is 4.74 Å². The molecule has 1 aliphatic heterocycles. The predicted octanol–water partition coefficient (Wildman–Crippen LogP) is 3.09. The van der Waals surface area contributed by atoms with Crippen LogP contribution in [-0.2, 0) is 13.0 Å². The van der Waals surface area contributed by atoms with Crippen LogP contribution in [0.1, 0.15) is 43.0 Å². The van der Waals surface area contributed by atoms with Crippen molar-refractivity contribution in [3.8, 4) is 5.75 Å². The Morgan fingerprint density at radius 1 is 1.30 bits per heavy atom. The first-order chi connectivity index (χ1) is 9.60. The minimum atomic E-state index is 0.547. The highest BCUT2D eigenvalue weighted by Crippen LogP contribution is 2.36. The highest BCUT2D eigenvalue weighted by Gasteiger charge is 2.26. The van der Waals surface area contributed by atoms with Gasteiger partial charge in [-0.05, 0) is 50.7 Å². The molecular formula is C17H28N2O. The smallest absolute Gasteiger partial charge is 0.123 e. The SMILES string of the molecule is CCC1c2cc(OC)c(CN(C)C)cc2CCN1CC. The summed E-state index contributed by atoms with van der Waals surface area (Å²) in [6, 6.07) is 5.19. The van der Waals surface area contributed by atoms with Crippen LogP contribution in [0.2, 0.25) is 0 Å². The van der Waals surface area contributed by atoms with Crippen LogP contribution in [0.3, 0.4) is 0 Å². The summed E-state index contributed by atoms with van der Waals surface area (Å²) in [7, 11) is 5.99. The molecule has 20 heavy (non-hydrogen) atoms. The van der Waals surface area contributed by atoms with Crippen LogP contribution in [0.4, 0.5) is 0 Å².